The topological polar surface area (TPSA) is 26.8 Å². The molecule has 1 atom stereocenters. The van der Waals surface area contributed by atoms with Crippen molar-refractivity contribution in [2.24, 2.45) is 0 Å². The zero-order valence-corrected chi connectivity index (χ0v) is 14.3. The Balaban J connectivity index is 1.52. The third-order valence-corrected chi connectivity index (χ3v) is 5.14. The van der Waals surface area contributed by atoms with Crippen LogP contribution in [0.4, 0.5) is 11.4 Å². The largest absolute Gasteiger partial charge is 0.378 e. The number of piperazine rings is 1. The van der Waals surface area contributed by atoms with Crippen LogP contribution in [0.15, 0.2) is 48.5 Å². The van der Waals surface area contributed by atoms with Gasteiger partial charge in [-0.25, -0.2) is 0 Å². The van der Waals surface area contributed by atoms with Crippen LogP contribution < -0.4 is 9.80 Å². The van der Waals surface area contributed by atoms with Crippen molar-refractivity contribution in [3.8, 4) is 0 Å². The summed E-state index contributed by atoms with van der Waals surface area (Å²) in [5, 5.41) is 0. The molecule has 0 radical (unpaired) electrons. The number of carbonyl (C=O) groups is 1. The fourth-order valence-electron chi connectivity index (χ4n) is 3.85. The molecule has 1 fully saturated rings. The second kappa shape index (κ2) is 5.86. The van der Waals surface area contributed by atoms with Crippen LogP contribution in [0.25, 0.3) is 0 Å². The number of anilines is 2. The van der Waals surface area contributed by atoms with Gasteiger partial charge < -0.3 is 14.7 Å². The van der Waals surface area contributed by atoms with E-state index in [1.807, 2.05) is 48.2 Å². The van der Waals surface area contributed by atoms with Crippen molar-refractivity contribution in [3.05, 3.63) is 59.7 Å². The highest BCUT2D eigenvalue weighted by atomic mass is 16.2. The van der Waals surface area contributed by atoms with Gasteiger partial charge in [-0.1, -0.05) is 24.3 Å². The molecule has 2 heterocycles. The monoisotopic (exact) mass is 321 g/mol. The van der Waals surface area contributed by atoms with Gasteiger partial charge in [-0.3, -0.25) is 4.79 Å². The molecule has 4 heteroatoms. The lowest BCUT2D eigenvalue weighted by Crippen LogP contribution is -2.53. The van der Waals surface area contributed by atoms with Crippen molar-refractivity contribution in [1.29, 1.82) is 0 Å². The van der Waals surface area contributed by atoms with Gasteiger partial charge in [0.25, 0.3) is 5.91 Å². The van der Waals surface area contributed by atoms with Crippen molar-refractivity contribution in [2.75, 3.05) is 43.5 Å². The van der Waals surface area contributed by atoms with E-state index in [-0.39, 0.29) is 5.91 Å². The third kappa shape index (κ3) is 2.52. The summed E-state index contributed by atoms with van der Waals surface area (Å²) < 4.78 is 0. The minimum absolute atomic E-state index is 0.148. The van der Waals surface area contributed by atoms with Crippen LogP contribution in [0.3, 0.4) is 0 Å². The van der Waals surface area contributed by atoms with E-state index < -0.39 is 0 Å². The minimum Gasteiger partial charge on any atom is -0.378 e. The molecule has 2 aliphatic heterocycles. The Morgan fingerprint density at radius 2 is 1.92 bits per heavy atom. The van der Waals surface area contributed by atoms with E-state index in [1.165, 1.54) is 11.3 Å². The molecule has 0 bridgehead atoms. The first-order chi connectivity index (χ1) is 11.6. The van der Waals surface area contributed by atoms with Crippen LogP contribution in [0.1, 0.15) is 15.9 Å². The van der Waals surface area contributed by atoms with Crippen molar-refractivity contribution in [3.63, 3.8) is 0 Å². The molecule has 2 aliphatic rings. The van der Waals surface area contributed by atoms with Gasteiger partial charge in [-0.05, 0) is 36.2 Å². The molecule has 0 aromatic heterocycles. The zero-order valence-electron chi connectivity index (χ0n) is 14.3. The molecule has 124 valence electrons. The summed E-state index contributed by atoms with van der Waals surface area (Å²) >= 11 is 0. The molecular weight excluding hydrogens is 298 g/mol. The number of nitrogens with zero attached hydrogens (tertiary/aromatic N) is 3. The van der Waals surface area contributed by atoms with Gasteiger partial charge in [0.15, 0.2) is 0 Å². The van der Waals surface area contributed by atoms with Gasteiger partial charge >= 0.3 is 0 Å². The van der Waals surface area contributed by atoms with E-state index in [0.717, 1.165) is 37.3 Å². The number of amides is 1. The highest BCUT2D eigenvalue weighted by molar-refractivity contribution is 5.95. The van der Waals surface area contributed by atoms with Crippen molar-refractivity contribution < 1.29 is 4.79 Å². The summed E-state index contributed by atoms with van der Waals surface area (Å²) in [4.78, 5) is 19.4. The second-order valence-corrected chi connectivity index (χ2v) is 6.88. The molecular formula is C20H23N3O. The van der Waals surface area contributed by atoms with Crippen LogP contribution in [0.2, 0.25) is 0 Å². The van der Waals surface area contributed by atoms with Gasteiger partial charge in [0.05, 0.1) is 6.04 Å². The number of hydrogen-bond acceptors (Lipinski definition) is 3. The van der Waals surface area contributed by atoms with Gasteiger partial charge in [-0.2, -0.15) is 0 Å². The predicted octanol–water partition coefficient (Wildman–Crippen LogP) is 2.64. The van der Waals surface area contributed by atoms with Gasteiger partial charge in [-0.15, -0.1) is 0 Å². The van der Waals surface area contributed by atoms with E-state index in [0.29, 0.717) is 6.04 Å². The Labute approximate surface area is 143 Å². The summed E-state index contributed by atoms with van der Waals surface area (Å²) in [6.45, 7) is 2.51. The quantitative estimate of drug-likeness (QED) is 0.851. The summed E-state index contributed by atoms with van der Waals surface area (Å²) in [5.74, 6) is 0.148. The maximum atomic E-state index is 12.9. The van der Waals surface area contributed by atoms with Gasteiger partial charge in [0, 0.05) is 50.7 Å². The smallest absolute Gasteiger partial charge is 0.254 e. The average Bonchev–Trinajstić information content (AvgIpc) is 2.99. The molecule has 0 N–H and O–H groups in total. The lowest BCUT2D eigenvalue weighted by molar-refractivity contribution is 0.0725. The van der Waals surface area contributed by atoms with E-state index >= 15 is 0 Å². The average molecular weight is 321 g/mol. The van der Waals surface area contributed by atoms with E-state index in [9.17, 15) is 4.79 Å². The molecule has 24 heavy (non-hydrogen) atoms. The first kappa shape index (κ1) is 15.1. The highest BCUT2D eigenvalue weighted by Gasteiger charge is 2.35. The fourth-order valence-corrected chi connectivity index (χ4v) is 3.85. The number of carbonyl (C=O) groups excluding carboxylic acids is 1. The van der Waals surface area contributed by atoms with Gasteiger partial charge in [0.1, 0.15) is 0 Å². The predicted molar refractivity (Wildman–Crippen MR) is 98.0 cm³/mol. The highest BCUT2D eigenvalue weighted by Crippen LogP contribution is 2.34. The number of fused-ring (bicyclic) bond motifs is 3. The van der Waals surface area contributed by atoms with Crippen LogP contribution in [0, 0.1) is 0 Å². The summed E-state index contributed by atoms with van der Waals surface area (Å²) in [5.41, 5.74) is 4.61. The maximum Gasteiger partial charge on any atom is 0.254 e. The summed E-state index contributed by atoms with van der Waals surface area (Å²) in [6.07, 6.45) is 1.04. The fraction of sp³-hybridized carbons (Fsp3) is 0.350. The molecule has 0 saturated carbocycles. The molecule has 1 amide bonds. The maximum absolute atomic E-state index is 12.9. The standard InChI is InChI=1S/C20H23N3O/c1-21(2)17-8-5-7-16(13-17)20(24)22-10-11-23-18(14-22)12-15-6-3-4-9-19(15)23/h3-9,13,18H,10-12,14H2,1-2H3. The molecule has 0 spiro atoms. The second-order valence-electron chi connectivity index (χ2n) is 6.88. The summed E-state index contributed by atoms with van der Waals surface area (Å²) in [6, 6.07) is 16.9. The van der Waals surface area contributed by atoms with Crippen molar-refractivity contribution >= 4 is 17.3 Å². The molecule has 4 rings (SSSR count). The molecule has 2 aromatic carbocycles. The van der Waals surface area contributed by atoms with Crippen LogP contribution in [-0.2, 0) is 6.42 Å². The number of benzene rings is 2. The molecule has 4 nitrogen and oxygen atoms in total. The first-order valence-corrected chi connectivity index (χ1v) is 8.55. The Hall–Kier alpha value is -2.49. The third-order valence-electron chi connectivity index (χ3n) is 5.14. The molecule has 2 aromatic rings. The Morgan fingerprint density at radius 1 is 1.08 bits per heavy atom. The van der Waals surface area contributed by atoms with E-state index in [4.69, 9.17) is 0 Å². The van der Waals surface area contributed by atoms with Crippen molar-refractivity contribution in [1.82, 2.24) is 4.90 Å². The summed E-state index contributed by atoms with van der Waals surface area (Å²) in [7, 11) is 4.00. The number of para-hydroxylation sites is 1. The van der Waals surface area contributed by atoms with Crippen LogP contribution >= 0.6 is 0 Å². The first-order valence-electron chi connectivity index (χ1n) is 8.55. The zero-order chi connectivity index (χ0) is 16.7. The van der Waals surface area contributed by atoms with E-state index in [1.54, 1.807) is 0 Å². The molecule has 1 saturated heterocycles. The Kier molecular flexibility index (Phi) is 3.68. The van der Waals surface area contributed by atoms with E-state index in [2.05, 4.69) is 29.2 Å². The Morgan fingerprint density at radius 3 is 2.75 bits per heavy atom. The minimum atomic E-state index is 0.148. The van der Waals surface area contributed by atoms with Crippen molar-refractivity contribution in [2.45, 2.75) is 12.5 Å². The lowest BCUT2D eigenvalue weighted by atomic mass is 10.1. The normalized spacial score (nSPS) is 19.0. The molecule has 0 aliphatic carbocycles. The number of hydrogen-bond donors (Lipinski definition) is 0. The Bertz CT molecular complexity index is 771. The SMILES string of the molecule is CN(C)c1cccc(C(=O)N2CCN3c4ccccc4CC3C2)c1. The number of rotatable bonds is 2. The molecule has 1 unspecified atom stereocenters. The lowest BCUT2D eigenvalue weighted by Gasteiger charge is -2.39. The van der Waals surface area contributed by atoms with Crippen LogP contribution in [0.5, 0.6) is 0 Å². The van der Waals surface area contributed by atoms with Crippen LogP contribution in [-0.4, -0.2) is 50.6 Å². The van der Waals surface area contributed by atoms with Gasteiger partial charge in [0.2, 0.25) is 0 Å².